The Hall–Kier alpha value is -0.600. The van der Waals surface area contributed by atoms with Crippen LogP contribution in [0.15, 0.2) is 22.7 Å². The molecule has 0 saturated heterocycles. The van der Waals surface area contributed by atoms with Gasteiger partial charge in [-0.05, 0) is 30.7 Å². The summed E-state index contributed by atoms with van der Waals surface area (Å²) in [6.45, 7) is 1.75. The number of nitrogens with zero attached hydrogens (tertiary/aromatic N) is 1. The number of sulfonamides is 2. The Balaban J connectivity index is 3.50. The first-order chi connectivity index (χ1) is 7.53. The molecule has 0 N–H and O–H groups in total. The fraction of sp³-hybridized carbons (Fsp3) is 0.333. The molecule has 0 aliphatic heterocycles. The third kappa shape index (κ3) is 3.43. The van der Waals surface area contributed by atoms with E-state index in [9.17, 15) is 16.8 Å². The zero-order chi connectivity index (χ0) is 13.4. The lowest BCUT2D eigenvalue weighted by atomic mass is 10.2. The Kier molecular flexibility index (Phi) is 3.90. The monoisotopic (exact) mass is 341 g/mol. The van der Waals surface area contributed by atoms with Crippen LogP contribution in [0.25, 0.3) is 0 Å². The van der Waals surface area contributed by atoms with E-state index < -0.39 is 20.0 Å². The lowest BCUT2D eigenvalue weighted by Crippen LogP contribution is -2.35. The minimum atomic E-state index is -3.88. The third-order valence-corrected chi connectivity index (χ3v) is 6.10. The highest BCUT2D eigenvalue weighted by atomic mass is 79.9. The topological polar surface area (TPSA) is 71.5 Å². The molecule has 0 aromatic heterocycles. The second-order valence-corrected chi connectivity index (χ2v) is 8.40. The molecule has 0 unspecified atom stereocenters. The Morgan fingerprint density at radius 3 is 1.88 bits per heavy atom. The molecule has 1 rings (SSSR count). The van der Waals surface area contributed by atoms with Crippen LogP contribution in [0.5, 0.6) is 0 Å². The highest BCUT2D eigenvalue weighted by Crippen LogP contribution is 2.26. The van der Waals surface area contributed by atoms with Gasteiger partial charge in [-0.25, -0.2) is 16.8 Å². The van der Waals surface area contributed by atoms with Gasteiger partial charge >= 0.3 is 0 Å². The molecule has 0 amide bonds. The summed E-state index contributed by atoms with van der Waals surface area (Å²) in [5.74, 6) is 0. The molecule has 0 atom stereocenters. The van der Waals surface area contributed by atoms with E-state index in [2.05, 4.69) is 15.9 Å². The SMILES string of the molecule is Cc1cc(N(S(C)(=O)=O)S(C)(=O)=O)ccc1Br. The zero-order valence-corrected chi connectivity index (χ0v) is 12.7. The van der Waals surface area contributed by atoms with E-state index in [1.807, 2.05) is 0 Å². The summed E-state index contributed by atoms with van der Waals surface area (Å²) >= 11 is 3.26. The molecule has 0 heterocycles. The highest BCUT2D eigenvalue weighted by Gasteiger charge is 2.27. The first kappa shape index (κ1) is 14.5. The number of aryl methyl sites for hydroxylation is 1. The molecule has 1 aromatic carbocycles. The molecule has 0 aliphatic rings. The number of rotatable bonds is 3. The Morgan fingerprint density at radius 2 is 1.53 bits per heavy atom. The van der Waals surface area contributed by atoms with Crippen molar-refractivity contribution in [3.8, 4) is 0 Å². The fourth-order valence-corrected chi connectivity index (χ4v) is 4.58. The van der Waals surface area contributed by atoms with Crippen LogP contribution >= 0.6 is 15.9 Å². The molecule has 1 aromatic rings. The van der Waals surface area contributed by atoms with Crippen LogP contribution < -0.4 is 3.71 Å². The van der Waals surface area contributed by atoms with Crippen molar-refractivity contribution in [2.75, 3.05) is 16.2 Å². The maximum absolute atomic E-state index is 11.5. The number of halogens is 1. The molecular weight excluding hydrogens is 330 g/mol. The molecule has 17 heavy (non-hydrogen) atoms. The molecule has 0 saturated carbocycles. The van der Waals surface area contributed by atoms with Gasteiger partial charge in [0, 0.05) is 4.47 Å². The molecule has 8 heteroatoms. The van der Waals surface area contributed by atoms with E-state index in [4.69, 9.17) is 0 Å². The number of anilines is 1. The van der Waals surface area contributed by atoms with Gasteiger partial charge in [0.05, 0.1) is 18.2 Å². The van der Waals surface area contributed by atoms with E-state index in [0.29, 0.717) is 3.71 Å². The van der Waals surface area contributed by atoms with Gasteiger partial charge in [-0.2, -0.15) is 3.71 Å². The van der Waals surface area contributed by atoms with Crippen molar-refractivity contribution in [1.29, 1.82) is 0 Å². The van der Waals surface area contributed by atoms with Crippen molar-refractivity contribution < 1.29 is 16.8 Å². The minimum Gasteiger partial charge on any atom is -0.206 e. The van der Waals surface area contributed by atoms with Gasteiger partial charge in [-0.1, -0.05) is 15.9 Å². The molecule has 5 nitrogen and oxygen atoms in total. The van der Waals surface area contributed by atoms with Crippen LogP contribution in [0, 0.1) is 6.92 Å². The second-order valence-electron chi connectivity index (χ2n) is 3.66. The highest BCUT2D eigenvalue weighted by molar-refractivity contribution is 9.10. The van der Waals surface area contributed by atoms with Crippen LogP contribution in [-0.2, 0) is 20.0 Å². The molecule has 0 radical (unpaired) electrons. The van der Waals surface area contributed by atoms with Gasteiger partial charge in [-0.3, -0.25) is 0 Å². The lowest BCUT2D eigenvalue weighted by molar-refractivity contribution is 0.590. The summed E-state index contributed by atoms with van der Waals surface area (Å²) in [4.78, 5) is 0. The van der Waals surface area contributed by atoms with Crippen molar-refractivity contribution in [2.45, 2.75) is 6.92 Å². The first-order valence-electron chi connectivity index (χ1n) is 4.50. The van der Waals surface area contributed by atoms with Crippen molar-refractivity contribution in [3.63, 3.8) is 0 Å². The standard InChI is InChI=1S/C9H12BrNO4S2/c1-7-6-8(4-5-9(7)10)11(16(2,12)13)17(3,14)15/h4-6H,1-3H3. The summed E-state index contributed by atoms with van der Waals surface area (Å²) in [5.41, 5.74) is 0.857. The molecule has 0 bridgehead atoms. The third-order valence-electron chi connectivity index (χ3n) is 1.95. The molecule has 0 fully saturated rings. The van der Waals surface area contributed by atoms with Crippen molar-refractivity contribution in [1.82, 2.24) is 0 Å². The van der Waals surface area contributed by atoms with Gasteiger partial charge < -0.3 is 0 Å². The predicted molar refractivity (Wildman–Crippen MR) is 71.0 cm³/mol. The minimum absolute atomic E-state index is 0.107. The summed E-state index contributed by atoms with van der Waals surface area (Å²) in [7, 11) is -7.75. The normalized spacial score (nSPS) is 12.5. The van der Waals surface area contributed by atoms with E-state index in [1.165, 1.54) is 12.1 Å². The van der Waals surface area contributed by atoms with E-state index >= 15 is 0 Å². The van der Waals surface area contributed by atoms with Crippen LogP contribution in [0.3, 0.4) is 0 Å². The Bertz CT molecular complexity index is 605. The lowest BCUT2D eigenvalue weighted by Gasteiger charge is -2.20. The van der Waals surface area contributed by atoms with Crippen LogP contribution in [0.2, 0.25) is 0 Å². The fourth-order valence-electron chi connectivity index (χ4n) is 1.37. The summed E-state index contributed by atoms with van der Waals surface area (Å²) in [5, 5.41) is 0. The predicted octanol–water partition coefficient (Wildman–Crippen LogP) is 1.48. The van der Waals surface area contributed by atoms with Crippen molar-refractivity contribution >= 4 is 41.7 Å². The van der Waals surface area contributed by atoms with E-state index in [0.717, 1.165) is 22.5 Å². The zero-order valence-electron chi connectivity index (χ0n) is 9.51. The van der Waals surface area contributed by atoms with Crippen molar-refractivity contribution in [3.05, 3.63) is 28.2 Å². The number of hydrogen-bond acceptors (Lipinski definition) is 4. The van der Waals surface area contributed by atoms with Crippen LogP contribution in [0.1, 0.15) is 5.56 Å². The van der Waals surface area contributed by atoms with E-state index in [1.54, 1.807) is 13.0 Å². The van der Waals surface area contributed by atoms with Crippen molar-refractivity contribution in [2.24, 2.45) is 0 Å². The molecule has 0 aliphatic carbocycles. The maximum atomic E-state index is 11.5. The largest absolute Gasteiger partial charge is 0.245 e. The smallest absolute Gasteiger partial charge is 0.206 e. The average Bonchev–Trinajstić information content (AvgIpc) is 2.06. The van der Waals surface area contributed by atoms with Crippen LogP contribution in [-0.4, -0.2) is 29.3 Å². The van der Waals surface area contributed by atoms with Gasteiger partial charge in [0.1, 0.15) is 0 Å². The number of hydrogen-bond donors (Lipinski definition) is 0. The second kappa shape index (κ2) is 4.58. The Labute approximate surface area is 110 Å². The average molecular weight is 342 g/mol. The summed E-state index contributed by atoms with van der Waals surface area (Å²) in [6.07, 6.45) is 1.71. The Morgan fingerprint density at radius 1 is 1.06 bits per heavy atom. The first-order valence-corrected chi connectivity index (χ1v) is 8.99. The summed E-state index contributed by atoms with van der Waals surface area (Å²) in [6, 6.07) is 4.53. The molecule has 96 valence electrons. The van der Waals surface area contributed by atoms with Crippen LogP contribution in [0.4, 0.5) is 5.69 Å². The molecule has 0 spiro atoms. The molecular formula is C9H12BrNO4S2. The van der Waals surface area contributed by atoms with Gasteiger partial charge in [0.25, 0.3) is 0 Å². The van der Waals surface area contributed by atoms with Gasteiger partial charge in [-0.15, -0.1) is 0 Å². The van der Waals surface area contributed by atoms with E-state index in [-0.39, 0.29) is 5.69 Å². The maximum Gasteiger partial charge on any atom is 0.245 e. The van der Waals surface area contributed by atoms with Gasteiger partial charge in [0.15, 0.2) is 0 Å². The summed E-state index contributed by atoms with van der Waals surface area (Å²) < 4.78 is 47.2. The van der Waals surface area contributed by atoms with Gasteiger partial charge in [0.2, 0.25) is 20.0 Å². The quantitative estimate of drug-likeness (QED) is 0.834. The number of benzene rings is 1.